The van der Waals surface area contributed by atoms with E-state index in [4.69, 9.17) is 31.8 Å². The highest BCUT2D eigenvalue weighted by atomic mass is 35.7. The Hall–Kier alpha value is -0.580. The Morgan fingerprint density at radius 2 is 2.00 bits per heavy atom. The van der Waals surface area contributed by atoms with Crippen LogP contribution in [0.5, 0.6) is 11.5 Å². The van der Waals surface area contributed by atoms with Gasteiger partial charge in [-0.15, -0.1) is 0 Å². The van der Waals surface area contributed by atoms with Crippen LogP contribution in [0.25, 0.3) is 0 Å². The molecule has 74 valence electrons. The second-order valence-electron chi connectivity index (χ2n) is 2.55. The molecule has 1 aliphatic heterocycles. The van der Waals surface area contributed by atoms with Crippen LogP contribution in [0.1, 0.15) is 10.4 Å². The summed E-state index contributed by atoms with van der Waals surface area (Å²) in [7, 11) is 6.51. The van der Waals surface area contributed by atoms with Gasteiger partial charge in [-0.2, -0.15) is 0 Å². The fraction of sp³-hybridized carbons (Fsp3) is 0.125. The third-order valence-corrected chi connectivity index (χ3v) is 2.98. The zero-order valence-electron chi connectivity index (χ0n) is 6.75. The summed E-state index contributed by atoms with van der Waals surface area (Å²) in [5.74, 6) is 1.10. The van der Waals surface area contributed by atoms with Gasteiger partial charge in [0.25, 0.3) is 5.24 Å². The standard InChI is InChI=1S/C8H4Cl2O3S/c9-8(11)4-1-5-6(13-3-12-5)2-7(4)14-10/h1-2H,3H2. The third kappa shape index (κ3) is 1.65. The first-order chi connectivity index (χ1) is 6.72. The van der Waals surface area contributed by atoms with Crippen molar-refractivity contribution >= 4 is 38.5 Å². The predicted molar refractivity (Wildman–Crippen MR) is 54.5 cm³/mol. The Morgan fingerprint density at radius 1 is 1.36 bits per heavy atom. The minimum Gasteiger partial charge on any atom is -0.454 e. The smallest absolute Gasteiger partial charge is 0.253 e. The highest BCUT2D eigenvalue weighted by molar-refractivity contribution is 8.21. The SMILES string of the molecule is O=C(Cl)c1cc2c(cc1SCl)OCO2. The lowest BCUT2D eigenvalue weighted by atomic mass is 10.2. The fourth-order valence-electron chi connectivity index (χ4n) is 1.14. The number of halogens is 2. The maximum Gasteiger partial charge on any atom is 0.253 e. The highest BCUT2D eigenvalue weighted by Gasteiger charge is 2.19. The second kappa shape index (κ2) is 3.88. The molecule has 0 aliphatic carbocycles. The molecule has 0 N–H and O–H groups in total. The highest BCUT2D eigenvalue weighted by Crippen LogP contribution is 2.39. The van der Waals surface area contributed by atoms with Crippen LogP contribution in [0.2, 0.25) is 0 Å². The number of rotatable bonds is 2. The molecule has 1 aromatic rings. The molecule has 1 aliphatic rings. The van der Waals surface area contributed by atoms with Crippen LogP contribution in [0.4, 0.5) is 0 Å². The van der Waals surface area contributed by atoms with E-state index >= 15 is 0 Å². The van der Waals surface area contributed by atoms with Crippen LogP contribution in [0, 0.1) is 0 Å². The van der Waals surface area contributed by atoms with E-state index in [2.05, 4.69) is 0 Å². The lowest BCUT2D eigenvalue weighted by Crippen LogP contribution is -1.93. The normalized spacial score (nSPS) is 13.0. The number of hydrogen-bond acceptors (Lipinski definition) is 4. The van der Waals surface area contributed by atoms with Crippen molar-refractivity contribution in [3.8, 4) is 11.5 Å². The number of carbonyl (C=O) groups excluding carboxylic acids is 1. The quantitative estimate of drug-likeness (QED) is 0.757. The maximum atomic E-state index is 11.0. The fourth-order valence-corrected chi connectivity index (χ4v) is 2.12. The van der Waals surface area contributed by atoms with Gasteiger partial charge in [0.05, 0.1) is 5.56 Å². The zero-order valence-corrected chi connectivity index (χ0v) is 9.08. The van der Waals surface area contributed by atoms with Gasteiger partial charge >= 0.3 is 0 Å². The molecule has 0 fully saturated rings. The van der Waals surface area contributed by atoms with Crippen molar-refractivity contribution in [3.63, 3.8) is 0 Å². The molecule has 0 unspecified atom stereocenters. The lowest BCUT2D eigenvalue weighted by Gasteiger charge is -2.03. The largest absolute Gasteiger partial charge is 0.454 e. The molecule has 6 heteroatoms. The molecular formula is C8H4Cl2O3S. The maximum absolute atomic E-state index is 11.0. The van der Waals surface area contributed by atoms with Gasteiger partial charge < -0.3 is 9.47 Å². The Balaban J connectivity index is 2.54. The minimum atomic E-state index is -0.563. The van der Waals surface area contributed by atoms with Crippen molar-refractivity contribution < 1.29 is 14.3 Å². The summed E-state index contributed by atoms with van der Waals surface area (Å²) in [5, 5.41) is -0.563. The minimum absolute atomic E-state index is 0.154. The Labute approximate surface area is 93.8 Å². The first-order valence-electron chi connectivity index (χ1n) is 3.64. The lowest BCUT2D eigenvalue weighted by molar-refractivity contribution is 0.107. The van der Waals surface area contributed by atoms with Gasteiger partial charge in [0.15, 0.2) is 11.5 Å². The van der Waals surface area contributed by atoms with Crippen LogP contribution >= 0.6 is 33.3 Å². The number of carbonyl (C=O) groups is 1. The summed E-state index contributed by atoms with van der Waals surface area (Å²) in [5.41, 5.74) is 0.330. The Morgan fingerprint density at radius 3 is 2.57 bits per heavy atom. The Kier molecular flexibility index (Phi) is 2.76. The van der Waals surface area contributed by atoms with E-state index in [0.29, 0.717) is 22.0 Å². The molecule has 1 aromatic carbocycles. The zero-order chi connectivity index (χ0) is 10.1. The average molecular weight is 251 g/mol. The van der Waals surface area contributed by atoms with Gasteiger partial charge in [-0.1, -0.05) is 0 Å². The van der Waals surface area contributed by atoms with Crippen molar-refractivity contribution in [2.75, 3.05) is 6.79 Å². The second-order valence-corrected chi connectivity index (χ2v) is 3.95. The first-order valence-corrected chi connectivity index (χ1v) is 5.66. The molecular weight excluding hydrogens is 247 g/mol. The van der Waals surface area contributed by atoms with Crippen molar-refractivity contribution in [1.82, 2.24) is 0 Å². The molecule has 0 spiro atoms. The average Bonchev–Trinajstić information content (AvgIpc) is 2.62. The van der Waals surface area contributed by atoms with Crippen molar-refractivity contribution in [3.05, 3.63) is 17.7 Å². The van der Waals surface area contributed by atoms with Crippen molar-refractivity contribution in [2.45, 2.75) is 4.90 Å². The van der Waals surface area contributed by atoms with Crippen LogP contribution in [-0.2, 0) is 0 Å². The van der Waals surface area contributed by atoms with Gasteiger partial charge in [-0.05, 0) is 45.4 Å². The molecule has 0 amide bonds. The van der Waals surface area contributed by atoms with Crippen LogP contribution in [-0.4, -0.2) is 12.0 Å². The van der Waals surface area contributed by atoms with E-state index in [1.54, 1.807) is 6.07 Å². The van der Waals surface area contributed by atoms with Gasteiger partial charge in [0.2, 0.25) is 6.79 Å². The van der Waals surface area contributed by atoms with Gasteiger partial charge in [-0.25, -0.2) is 0 Å². The topological polar surface area (TPSA) is 35.5 Å². The number of ether oxygens (including phenoxy) is 2. The third-order valence-electron chi connectivity index (χ3n) is 1.77. The Bertz CT molecular complexity index is 394. The van der Waals surface area contributed by atoms with E-state index in [1.807, 2.05) is 0 Å². The molecule has 0 aromatic heterocycles. The molecule has 0 radical (unpaired) electrons. The van der Waals surface area contributed by atoms with Crippen LogP contribution in [0.15, 0.2) is 17.0 Å². The van der Waals surface area contributed by atoms with Gasteiger partial charge in [0, 0.05) is 4.90 Å². The molecule has 3 nitrogen and oxygen atoms in total. The molecule has 14 heavy (non-hydrogen) atoms. The van der Waals surface area contributed by atoms with E-state index in [-0.39, 0.29) is 6.79 Å². The van der Waals surface area contributed by atoms with Crippen LogP contribution in [0.3, 0.4) is 0 Å². The summed E-state index contributed by atoms with van der Waals surface area (Å²) in [6.07, 6.45) is 0. The molecule has 0 atom stereocenters. The summed E-state index contributed by atoms with van der Waals surface area (Å²) >= 11 is 5.38. The van der Waals surface area contributed by atoms with Crippen LogP contribution < -0.4 is 9.47 Å². The van der Waals surface area contributed by atoms with E-state index in [0.717, 1.165) is 11.0 Å². The monoisotopic (exact) mass is 250 g/mol. The van der Waals surface area contributed by atoms with Crippen molar-refractivity contribution in [2.24, 2.45) is 0 Å². The van der Waals surface area contributed by atoms with Crippen molar-refractivity contribution in [1.29, 1.82) is 0 Å². The summed E-state index contributed by atoms with van der Waals surface area (Å²) in [4.78, 5) is 11.6. The van der Waals surface area contributed by atoms with E-state index < -0.39 is 5.24 Å². The number of benzene rings is 1. The van der Waals surface area contributed by atoms with E-state index in [9.17, 15) is 4.79 Å². The summed E-state index contributed by atoms with van der Waals surface area (Å²) in [6.45, 7) is 0.154. The van der Waals surface area contributed by atoms with E-state index in [1.165, 1.54) is 6.07 Å². The van der Waals surface area contributed by atoms with Gasteiger partial charge in [-0.3, -0.25) is 4.79 Å². The first kappa shape index (κ1) is 9.96. The molecule has 0 bridgehead atoms. The molecule has 0 saturated carbocycles. The predicted octanol–water partition coefficient (Wildman–Crippen LogP) is 3.04. The summed E-state index contributed by atoms with van der Waals surface area (Å²) in [6, 6.07) is 3.16. The molecule has 0 saturated heterocycles. The number of hydrogen-bond donors (Lipinski definition) is 0. The molecule has 1 heterocycles. The summed E-state index contributed by atoms with van der Waals surface area (Å²) < 4.78 is 10.2. The molecule has 2 rings (SSSR count). The van der Waals surface area contributed by atoms with Gasteiger partial charge in [0.1, 0.15) is 0 Å². The number of fused-ring (bicyclic) bond motifs is 1.